The van der Waals surface area contributed by atoms with Gasteiger partial charge in [-0.05, 0) is 40.8 Å². The number of amides is 1. The molecular weight excluding hydrogens is 380 g/mol. The van der Waals surface area contributed by atoms with Crippen molar-refractivity contribution in [1.29, 1.82) is 0 Å². The fraction of sp³-hybridized carbons (Fsp3) is 0.292. The molecule has 3 aromatic rings. The largest absolute Gasteiger partial charge is 0.465 e. The molecule has 0 radical (unpaired) electrons. The Labute approximate surface area is 175 Å². The first-order valence-electron chi connectivity index (χ1n) is 10.1. The van der Waals surface area contributed by atoms with Crippen molar-refractivity contribution in [2.45, 2.75) is 6.54 Å². The van der Waals surface area contributed by atoms with E-state index >= 15 is 0 Å². The lowest BCUT2D eigenvalue weighted by molar-refractivity contribution is 0.200. The maximum Gasteiger partial charge on any atom is 0.411 e. The lowest BCUT2D eigenvalue weighted by Crippen LogP contribution is -2.34. The molecule has 2 aromatic carbocycles. The van der Waals surface area contributed by atoms with E-state index in [0.29, 0.717) is 24.3 Å². The van der Waals surface area contributed by atoms with Crippen molar-refractivity contribution in [2.24, 2.45) is 17.8 Å². The van der Waals surface area contributed by atoms with Gasteiger partial charge in [0.15, 0.2) is 0 Å². The molecule has 148 valence electrons. The monoisotopic (exact) mass is 404 g/mol. The Morgan fingerprint density at radius 2 is 1.72 bits per heavy atom. The number of piperidine rings is 1. The molecule has 2 aliphatic rings. The lowest BCUT2D eigenvalue weighted by atomic mass is 10.1. The third-order valence-electron chi connectivity index (χ3n) is 6.30. The van der Waals surface area contributed by atoms with Gasteiger partial charge in [0.25, 0.3) is 0 Å². The molecule has 4 nitrogen and oxygen atoms in total. The van der Waals surface area contributed by atoms with Crippen molar-refractivity contribution in [1.82, 2.24) is 4.90 Å². The number of hydrogen-bond acceptors (Lipinski definition) is 3. The summed E-state index contributed by atoms with van der Waals surface area (Å²) in [4.78, 5) is 17.3. The van der Waals surface area contributed by atoms with Crippen molar-refractivity contribution in [2.75, 3.05) is 24.5 Å². The second-order valence-corrected chi connectivity index (χ2v) is 9.01. The second-order valence-electron chi connectivity index (χ2n) is 8.06. The highest BCUT2D eigenvalue weighted by Gasteiger charge is 2.56. The molecule has 2 unspecified atom stereocenters. The summed E-state index contributed by atoms with van der Waals surface area (Å²) in [7, 11) is 0. The van der Waals surface area contributed by atoms with E-state index in [1.807, 2.05) is 35.7 Å². The number of carbonyl (C=O) groups is 1. The van der Waals surface area contributed by atoms with Gasteiger partial charge in [0, 0.05) is 36.6 Å². The van der Waals surface area contributed by atoms with Crippen LogP contribution in [0, 0.1) is 17.8 Å². The molecule has 5 rings (SSSR count). The molecular formula is C24H24N2O2S. The van der Waals surface area contributed by atoms with Gasteiger partial charge in [-0.15, -0.1) is 11.3 Å². The average molecular weight is 405 g/mol. The fourth-order valence-electron chi connectivity index (χ4n) is 4.82. The maximum atomic E-state index is 12.1. The van der Waals surface area contributed by atoms with E-state index in [-0.39, 0.29) is 0 Å². The van der Waals surface area contributed by atoms with E-state index in [1.165, 1.54) is 5.56 Å². The highest BCUT2D eigenvalue weighted by atomic mass is 32.1. The summed E-state index contributed by atoms with van der Waals surface area (Å²) in [6, 6.07) is 22.5. The van der Waals surface area contributed by atoms with Gasteiger partial charge in [0.05, 0.1) is 5.69 Å². The Balaban J connectivity index is 1.27. The lowest BCUT2D eigenvalue weighted by Gasteiger charge is -2.25. The third-order valence-corrected chi connectivity index (χ3v) is 7.20. The Kier molecular flexibility index (Phi) is 4.86. The average Bonchev–Trinajstić information content (AvgIpc) is 3.14. The van der Waals surface area contributed by atoms with Crippen LogP contribution in [-0.2, 0) is 6.54 Å². The maximum absolute atomic E-state index is 12.1. The number of nitrogens with zero attached hydrogens (tertiary/aromatic N) is 2. The van der Waals surface area contributed by atoms with Gasteiger partial charge in [0.1, 0.15) is 0 Å². The summed E-state index contributed by atoms with van der Waals surface area (Å²) in [5, 5.41) is 12.0. The van der Waals surface area contributed by atoms with Crippen LogP contribution in [0.15, 0.2) is 72.1 Å². The fourth-order valence-corrected chi connectivity index (χ4v) is 5.58. The van der Waals surface area contributed by atoms with E-state index < -0.39 is 6.09 Å². The molecule has 1 amide bonds. The number of rotatable bonds is 6. The van der Waals surface area contributed by atoms with E-state index in [1.54, 1.807) is 16.2 Å². The van der Waals surface area contributed by atoms with Crippen LogP contribution in [0.4, 0.5) is 10.5 Å². The molecule has 1 aliphatic heterocycles. The van der Waals surface area contributed by atoms with Crippen LogP contribution in [0.3, 0.4) is 0 Å². The molecule has 29 heavy (non-hydrogen) atoms. The summed E-state index contributed by atoms with van der Waals surface area (Å²) in [6.07, 6.45) is -0.861. The first-order chi connectivity index (χ1) is 14.2. The first-order valence-corrected chi connectivity index (χ1v) is 11.0. The van der Waals surface area contributed by atoms with Crippen LogP contribution in [-0.4, -0.2) is 35.7 Å². The predicted octanol–water partition coefficient (Wildman–Crippen LogP) is 5.28. The van der Waals surface area contributed by atoms with Crippen LogP contribution in [0.25, 0.3) is 10.4 Å². The summed E-state index contributed by atoms with van der Waals surface area (Å²) in [6.45, 7) is 3.73. The molecule has 1 aromatic heterocycles. The molecule has 0 bridgehead atoms. The zero-order valence-corrected chi connectivity index (χ0v) is 17.0. The highest BCUT2D eigenvalue weighted by molar-refractivity contribution is 7.13. The summed E-state index contributed by atoms with van der Waals surface area (Å²) < 4.78 is 0. The molecule has 2 heterocycles. The van der Waals surface area contributed by atoms with Crippen LogP contribution in [0.1, 0.15) is 5.56 Å². The first kappa shape index (κ1) is 18.4. The van der Waals surface area contributed by atoms with Gasteiger partial charge in [-0.2, -0.15) is 0 Å². The standard InChI is InChI=1S/C24H24N2O2S/c27-24(28)26(22-10-5-4-9-18(22)23-11-6-12-29-23)16-21-19-14-25(15-20(19)21)13-17-7-2-1-3-8-17/h1-12,19-21H,13-16H2,(H,27,28). The molecule has 1 N–H and O–H groups in total. The third kappa shape index (κ3) is 3.68. The summed E-state index contributed by atoms with van der Waals surface area (Å²) in [5.41, 5.74) is 3.15. The topological polar surface area (TPSA) is 43.8 Å². The van der Waals surface area contributed by atoms with Gasteiger partial charge in [0.2, 0.25) is 0 Å². The van der Waals surface area contributed by atoms with Gasteiger partial charge < -0.3 is 5.11 Å². The smallest absolute Gasteiger partial charge is 0.411 e. The number of likely N-dealkylation sites (tertiary alicyclic amines) is 1. The molecule has 5 heteroatoms. The molecule has 1 saturated carbocycles. The molecule has 1 saturated heterocycles. The Bertz CT molecular complexity index is 977. The number of benzene rings is 2. The van der Waals surface area contributed by atoms with E-state index in [4.69, 9.17) is 0 Å². The normalized spacial score (nSPS) is 23.0. The van der Waals surface area contributed by atoms with Crippen LogP contribution in [0.5, 0.6) is 0 Å². The van der Waals surface area contributed by atoms with Gasteiger partial charge in [-0.3, -0.25) is 9.80 Å². The highest BCUT2D eigenvalue weighted by Crippen LogP contribution is 2.52. The van der Waals surface area contributed by atoms with Crippen LogP contribution >= 0.6 is 11.3 Å². The molecule has 2 fully saturated rings. The van der Waals surface area contributed by atoms with Crippen molar-refractivity contribution in [3.05, 3.63) is 77.7 Å². The van der Waals surface area contributed by atoms with E-state index in [2.05, 4.69) is 41.3 Å². The minimum Gasteiger partial charge on any atom is -0.465 e. The Morgan fingerprint density at radius 3 is 2.41 bits per heavy atom. The van der Waals surface area contributed by atoms with E-state index in [0.717, 1.165) is 35.8 Å². The van der Waals surface area contributed by atoms with Gasteiger partial charge in [-0.25, -0.2) is 4.79 Å². The zero-order valence-electron chi connectivity index (χ0n) is 16.1. The number of hydrogen-bond donors (Lipinski definition) is 1. The number of anilines is 1. The number of thiophene rings is 1. The molecule has 2 atom stereocenters. The second kappa shape index (κ2) is 7.65. The van der Waals surface area contributed by atoms with Crippen molar-refractivity contribution in [3.63, 3.8) is 0 Å². The quantitative estimate of drug-likeness (QED) is 0.608. The predicted molar refractivity (Wildman–Crippen MR) is 117 cm³/mol. The Morgan fingerprint density at radius 1 is 1.00 bits per heavy atom. The van der Waals surface area contributed by atoms with Crippen LogP contribution in [0.2, 0.25) is 0 Å². The SMILES string of the molecule is O=C(O)N(CC1C2CN(Cc3ccccc3)CC21)c1ccccc1-c1cccs1. The zero-order chi connectivity index (χ0) is 19.8. The van der Waals surface area contributed by atoms with Crippen molar-refractivity contribution >= 4 is 23.1 Å². The summed E-state index contributed by atoms with van der Waals surface area (Å²) in [5.74, 6) is 1.71. The number of para-hydroxylation sites is 1. The molecule has 1 aliphatic carbocycles. The summed E-state index contributed by atoms with van der Waals surface area (Å²) >= 11 is 1.65. The van der Waals surface area contributed by atoms with Crippen molar-refractivity contribution < 1.29 is 9.90 Å². The van der Waals surface area contributed by atoms with E-state index in [9.17, 15) is 9.90 Å². The van der Waals surface area contributed by atoms with Gasteiger partial charge in [-0.1, -0.05) is 54.6 Å². The number of fused-ring (bicyclic) bond motifs is 1. The minimum atomic E-state index is -0.861. The van der Waals surface area contributed by atoms with Gasteiger partial charge >= 0.3 is 6.09 Å². The Hall–Kier alpha value is -2.63. The molecule has 0 spiro atoms. The minimum absolute atomic E-state index is 0.467. The number of carboxylic acid groups (broad SMARTS) is 1. The van der Waals surface area contributed by atoms with Crippen molar-refractivity contribution in [3.8, 4) is 10.4 Å². The van der Waals surface area contributed by atoms with Crippen LogP contribution < -0.4 is 4.90 Å².